The molecule has 1 N–H and O–H groups in total. The van der Waals surface area contributed by atoms with Crippen molar-refractivity contribution in [2.24, 2.45) is 5.92 Å². The van der Waals surface area contributed by atoms with E-state index < -0.39 is 0 Å². The second-order valence-electron chi connectivity index (χ2n) is 6.92. The first-order valence-electron chi connectivity index (χ1n) is 8.29. The zero-order valence-corrected chi connectivity index (χ0v) is 13.6. The van der Waals surface area contributed by atoms with Crippen molar-refractivity contribution in [3.05, 3.63) is 0 Å². The molecule has 0 aromatic heterocycles. The molecule has 1 amide bonds. The number of rotatable bonds is 6. The van der Waals surface area contributed by atoms with E-state index in [2.05, 4.69) is 42.9 Å². The number of likely N-dealkylation sites (tertiary alicyclic amines) is 1. The van der Waals surface area contributed by atoms with Crippen LogP contribution in [0.4, 0.5) is 0 Å². The second kappa shape index (κ2) is 6.90. The van der Waals surface area contributed by atoms with Crippen molar-refractivity contribution < 1.29 is 4.79 Å². The highest BCUT2D eigenvalue weighted by atomic mass is 16.2. The fourth-order valence-corrected chi connectivity index (χ4v) is 3.55. The van der Waals surface area contributed by atoms with Gasteiger partial charge in [-0.3, -0.25) is 10.1 Å². The third kappa shape index (κ3) is 3.53. The molecule has 20 heavy (non-hydrogen) atoms. The minimum Gasteiger partial charge on any atom is -0.324 e. The van der Waals surface area contributed by atoms with Crippen molar-refractivity contribution in [2.45, 2.75) is 71.1 Å². The highest BCUT2D eigenvalue weighted by Crippen LogP contribution is 2.23. The first-order chi connectivity index (χ1) is 9.52. The van der Waals surface area contributed by atoms with Gasteiger partial charge >= 0.3 is 0 Å². The summed E-state index contributed by atoms with van der Waals surface area (Å²) in [5.74, 6) is 0.894. The van der Waals surface area contributed by atoms with E-state index in [-0.39, 0.29) is 12.2 Å². The van der Waals surface area contributed by atoms with Gasteiger partial charge in [0.1, 0.15) is 0 Å². The van der Waals surface area contributed by atoms with Gasteiger partial charge in [0.05, 0.1) is 12.2 Å². The first kappa shape index (κ1) is 15.8. The van der Waals surface area contributed by atoms with Crippen molar-refractivity contribution in [3.63, 3.8) is 0 Å². The fraction of sp³-hybridized carbons (Fsp3) is 0.938. The van der Waals surface area contributed by atoms with Crippen LogP contribution in [0.2, 0.25) is 0 Å². The SMILES string of the molecule is CCCC1NC(CC(C)C)C(=O)N1CC1CCCN1C. The molecule has 0 aliphatic carbocycles. The molecule has 2 saturated heterocycles. The molecule has 0 spiro atoms. The molecule has 3 atom stereocenters. The van der Waals surface area contributed by atoms with Crippen molar-refractivity contribution in [3.8, 4) is 0 Å². The lowest BCUT2D eigenvalue weighted by atomic mass is 10.0. The molecule has 0 aromatic carbocycles. The Kier molecular flexibility index (Phi) is 5.44. The molecule has 2 heterocycles. The molecular formula is C16H31N3O. The van der Waals surface area contributed by atoms with E-state index in [4.69, 9.17) is 0 Å². The largest absolute Gasteiger partial charge is 0.324 e. The predicted octanol–water partition coefficient (Wildman–Crippen LogP) is 2.05. The maximum absolute atomic E-state index is 12.7. The van der Waals surface area contributed by atoms with Gasteiger partial charge < -0.3 is 9.80 Å². The van der Waals surface area contributed by atoms with Crippen LogP contribution in [0, 0.1) is 5.92 Å². The molecule has 3 unspecified atom stereocenters. The number of carbonyl (C=O) groups is 1. The molecule has 2 aliphatic heterocycles. The summed E-state index contributed by atoms with van der Waals surface area (Å²) in [6.45, 7) is 8.66. The van der Waals surface area contributed by atoms with Crippen LogP contribution >= 0.6 is 0 Å². The Hall–Kier alpha value is -0.610. The molecule has 2 fully saturated rings. The summed E-state index contributed by atoms with van der Waals surface area (Å²) in [7, 11) is 2.19. The number of amides is 1. The Balaban J connectivity index is 2.01. The molecule has 0 aromatic rings. The zero-order chi connectivity index (χ0) is 14.7. The van der Waals surface area contributed by atoms with Gasteiger partial charge in [0.2, 0.25) is 5.91 Å². The molecule has 116 valence electrons. The van der Waals surface area contributed by atoms with Gasteiger partial charge in [-0.1, -0.05) is 27.2 Å². The maximum atomic E-state index is 12.7. The topological polar surface area (TPSA) is 35.6 Å². The van der Waals surface area contributed by atoms with Crippen molar-refractivity contribution >= 4 is 5.91 Å². The normalized spacial score (nSPS) is 31.8. The molecular weight excluding hydrogens is 250 g/mol. The van der Waals surface area contributed by atoms with Gasteiger partial charge in [-0.05, 0) is 45.2 Å². The molecule has 2 rings (SSSR count). The number of nitrogens with zero attached hydrogens (tertiary/aromatic N) is 2. The highest BCUT2D eigenvalue weighted by Gasteiger charge is 2.40. The fourth-order valence-electron chi connectivity index (χ4n) is 3.55. The lowest BCUT2D eigenvalue weighted by Crippen LogP contribution is -2.45. The third-order valence-corrected chi connectivity index (χ3v) is 4.70. The van der Waals surface area contributed by atoms with E-state index in [0.29, 0.717) is 17.9 Å². The van der Waals surface area contributed by atoms with Crippen molar-refractivity contribution in [2.75, 3.05) is 20.1 Å². The third-order valence-electron chi connectivity index (χ3n) is 4.70. The summed E-state index contributed by atoms with van der Waals surface area (Å²) in [6.07, 6.45) is 5.90. The lowest BCUT2D eigenvalue weighted by molar-refractivity contribution is -0.131. The van der Waals surface area contributed by atoms with E-state index >= 15 is 0 Å². The van der Waals surface area contributed by atoms with Crippen LogP contribution in [0.5, 0.6) is 0 Å². The summed E-state index contributed by atoms with van der Waals surface area (Å²) < 4.78 is 0. The quantitative estimate of drug-likeness (QED) is 0.809. The predicted molar refractivity (Wildman–Crippen MR) is 82.4 cm³/mol. The number of hydrogen-bond acceptors (Lipinski definition) is 3. The number of nitrogens with one attached hydrogen (secondary N) is 1. The number of likely N-dealkylation sites (N-methyl/N-ethyl adjacent to an activating group) is 1. The van der Waals surface area contributed by atoms with Gasteiger partial charge in [-0.15, -0.1) is 0 Å². The summed E-state index contributed by atoms with van der Waals surface area (Å²) in [5.41, 5.74) is 0. The van der Waals surface area contributed by atoms with E-state index in [0.717, 1.165) is 25.8 Å². The van der Waals surface area contributed by atoms with Gasteiger partial charge in [-0.25, -0.2) is 0 Å². The van der Waals surface area contributed by atoms with Crippen LogP contribution in [0.25, 0.3) is 0 Å². The van der Waals surface area contributed by atoms with Gasteiger partial charge in [0.25, 0.3) is 0 Å². The average Bonchev–Trinajstić information content (AvgIpc) is 2.89. The molecule has 4 nitrogen and oxygen atoms in total. The lowest BCUT2D eigenvalue weighted by Gasteiger charge is -2.29. The smallest absolute Gasteiger partial charge is 0.241 e. The minimum atomic E-state index is 0.0401. The Labute approximate surface area is 123 Å². The second-order valence-corrected chi connectivity index (χ2v) is 6.92. The number of hydrogen-bond donors (Lipinski definition) is 1. The molecule has 0 bridgehead atoms. The van der Waals surface area contributed by atoms with Crippen LogP contribution in [0.3, 0.4) is 0 Å². The summed E-state index contributed by atoms with van der Waals surface area (Å²) in [4.78, 5) is 17.2. The highest BCUT2D eigenvalue weighted by molar-refractivity contribution is 5.84. The van der Waals surface area contributed by atoms with E-state index in [1.54, 1.807) is 0 Å². The summed E-state index contributed by atoms with van der Waals surface area (Å²) >= 11 is 0. The van der Waals surface area contributed by atoms with Gasteiger partial charge in [0, 0.05) is 12.6 Å². The summed E-state index contributed by atoms with van der Waals surface area (Å²) in [6, 6.07) is 0.594. The molecule has 4 heteroatoms. The van der Waals surface area contributed by atoms with Crippen LogP contribution in [-0.2, 0) is 4.79 Å². The minimum absolute atomic E-state index is 0.0401. The summed E-state index contributed by atoms with van der Waals surface area (Å²) in [5, 5.41) is 3.57. The van der Waals surface area contributed by atoms with Crippen molar-refractivity contribution in [1.82, 2.24) is 15.1 Å². The van der Waals surface area contributed by atoms with Crippen molar-refractivity contribution in [1.29, 1.82) is 0 Å². The zero-order valence-electron chi connectivity index (χ0n) is 13.6. The van der Waals surface area contributed by atoms with Crippen LogP contribution in [0.15, 0.2) is 0 Å². The average molecular weight is 281 g/mol. The van der Waals surface area contributed by atoms with Gasteiger partial charge in [-0.2, -0.15) is 0 Å². The molecule has 0 saturated carbocycles. The first-order valence-corrected chi connectivity index (χ1v) is 8.29. The van der Waals surface area contributed by atoms with Crippen LogP contribution < -0.4 is 5.32 Å². The van der Waals surface area contributed by atoms with E-state index in [9.17, 15) is 4.79 Å². The Morgan fingerprint density at radius 3 is 2.70 bits per heavy atom. The molecule has 0 radical (unpaired) electrons. The molecule has 2 aliphatic rings. The van der Waals surface area contributed by atoms with Gasteiger partial charge in [0.15, 0.2) is 0 Å². The van der Waals surface area contributed by atoms with Crippen LogP contribution in [-0.4, -0.2) is 54.1 Å². The maximum Gasteiger partial charge on any atom is 0.241 e. The number of carbonyl (C=O) groups excluding carboxylic acids is 1. The standard InChI is InChI=1S/C16H31N3O/c1-5-7-15-17-14(10-12(2)3)16(20)19(15)11-13-8-6-9-18(13)4/h12-15,17H,5-11H2,1-4H3. The van der Waals surface area contributed by atoms with E-state index in [1.807, 2.05) is 0 Å². The van der Waals surface area contributed by atoms with Crippen LogP contribution in [0.1, 0.15) is 52.9 Å². The Morgan fingerprint density at radius 1 is 1.40 bits per heavy atom. The Bertz CT molecular complexity index is 332. The monoisotopic (exact) mass is 281 g/mol. The Morgan fingerprint density at radius 2 is 2.15 bits per heavy atom. The van der Waals surface area contributed by atoms with E-state index in [1.165, 1.54) is 19.4 Å².